The number of hydrogen-bond acceptors (Lipinski definition) is 6. The quantitative estimate of drug-likeness (QED) is 0.722. The molecule has 3 heterocycles. The number of phenolic OH excluding ortho intramolecular Hbond substituents is 1. The van der Waals surface area contributed by atoms with E-state index in [-0.39, 0.29) is 22.9 Å². The predicted octanol–water partition coefficient (Wildman–Crippen LogP) is 4.80. The third kappa shape index (κ3) is 2.86. The van der Waals surface area contributed by atoms with Crippen LogP contribution >= 0.6 is 39.3 Å². The van der Waals surface area contributed by atoms with Crippen molar-refractivity contribution in [3.63, 3.8) is 0 Å². The van der Waals surface area contributed by atoms with Crippen LogP contribution in [0.15, 0.2) is 39.9 Å². The SMILES string of the molecule is COc1cc(C2C(c3ccccn3)N=C3SC(C)CN32)c(Br)c(Cl)c1O. The average Bonchev–Trinajstić information content (AvgIpc) is 3.17. The molecule has 2 aliphatic rings. The first kappa shape index (κ1) is 17.9. The third-order valence-electron chi connectivity index (χ3n) is 4.59. The molecule has 4 rings (SSSR count). The van der Waals surface area contributed by atoms with Gasteiger partial charge in [-0.15, -0.1) is 0 Å². The van der Waals surface area contributed by atoms with Crippen molar-refractivity contribution < 1.29 is 9.84 Å². The lowest BCUT2D eigenvalue weighted by atomic mass is 9.96. The van der Waals surface area contributed by atoms with Gasteiger partial charge in [0.15, 0.2) is 16.7 Å². The first-order valence-corrected chi connectivity index (χ1v) is 10.2. The Bertz CT molecular complexity index is 880. The van der Waals surface area contributed by atoms with E-state index in [2.05, 4.69) is 32.7 Å². The minimum absolute atomic E-state index is 0.0671. The molecular formula is C18H17BrClN3O2S. The van der Waals surface area contributed by atoms with Crippen LogP contribution in [0, 0.1) is 0 Å². The molecule has 0 aliphatic carbocycles. The largest absolute Gasteiger partial charge is 0.503 e. The van der Waals surface area contributed by atoms with Crippen molar-refractivity contribution in [2.24, 2.45) is 4.99 Å². The zero-order chi connectivity index (χ0) is 18.4. The van der Waals surface area contributed by atoms with Gasteiger partial charge in [0.1, 0.15) is 11.1 Å². The molecule has 1 N–H and O–H groups in total. The molecule has 1 fully saturated rings. The van der Waals surface area contributed by atoms with Crippen molar-refractivity contribution in [1.82, 2.24) is 9.88 Å². The summed E-state index contributed by atoms with van der Waals surface area (Å²) in [6.45, 7) is 3.09. The van der Waals surface area contributed by atoms with Crippen LogP contribution in [0.1, 0.15) is 30.3 Å². The Kier molecular flexibility index (Phi) is 4.79. The fourth-order valence-electron chi connectivity index (χ4n) is 3.44. The molecule has 0 spiro atoms. The number of nitrogens with zero attached hydrogens (tertiary/aromatic N) is 3. The molecule has 1 aromatic carbocycles. The number of halogens is 2. The summed E-state index contributed by atoms with van der Waals surface area (Å²) in [5, 5.41) is 11.9. The van der Waals surface area contributed by atoms with E-state index in [1.165, 1.54) is 7.11 Å². The van der Waals surface area contributed by atoms with E-state index < -0.39 is 0 Å². The van der Waals surface area contributed by atoms with Crippen molar-refractivity contribution in [2.75, 3.05) is 13.7 Å². The van der Waals surface area contributed by atoms with Gasteiger partial charge in [-0.25, -0.2) is 0 Å². The molecule has 3 atom stereocenters. The molecule has 0 saturated carbocycles. The summed E-state index contributed by atoms with van der Waals surface area (Å²) >= 11 is 11.7. The number of aromatic nitrogens is 1. The van der Waals surface area contributed by atoms with Gasteiger partial charge >= 0.3 is 0 Å². The van der Waals surface area contributed by atoms with E-state index in [9.17, 15) is 5.11 Å². The lowest BCUT2D eigenvalue weighted by Gasteiger charge is -2.29. The second kappa shape index (κ2) is 6.94. The predicted molar refractivity (Wildman–Crippen MR) is 108 cm³/mol. The number of aromatic hydroxyl groups is 1. The summed E-state index contributed by atoms with van der Waals surface area (Å²) in [6.07, 6.45) is 1.78. The van der Waals surface area contributed by atoms with E-state index in [4.69, 9.17) is 21.3 Å². The Morgan fingerprint density at radius 2 is 2.23 bits per heavy atom. The Hall–Kier alpha value is -1.44. The number of thioether (sulfide) groups is 1. The highest BCUT2D eigenvalue weighted by Gasteiger charge is 2.44. The van der Waals surface area contributed by atoms with Crippen molar-refractivity contribution >= 4 is 44.5 Å². The maximum Gasteiger partial charge on any atom is 0.177 e. The van der Waals surface area contributed by atoms with Gasteiger partial charge < -0.3 is 14.7 Å². The van der Waals surface area contributed by atoms with Crippen LogP contribution < -0.4 is 4.74 Å². The third-order valence-corrected chi connectivity index (χ3v) is 7.15. The number of phenols is 1. The summed E-state index contributed by atoms with van der Waals surface area (Å²) < 4.78 is 5.98. The fraction of sp³-hybridized carbons (Fsp3) is 0.333. The minimum Gasteiger partial charge on any atom is -0.503 e. The fourth-order valence-corrected chi connectivity index (χ4v) is 5.27. The Morgan fingerprint density at radius 1 is 1.42 bits per heavy atom. The molecule has 1 saturated heterocycles. The van der Waals surface area contributed by atoms with Crippen LogP contribution in [0.5, 0.6) is 11.5 Å². The number of ether oxygens (including phenoxy) is 1. The molecule has 0 bridgehead atoms. The van der Waals surface area contributed by atoms with Crippen LogP contribution in [0.2, 0.25) is 5.02 Å². The topological polar surface area (TPSA) is 58.0 Å². The number of hydrogen-bond donors (Lipinski definition) is 1. The Balaban J connectivity index is 1.86. The summed E-state index contributed by atoms with van der Waals surface area (Å²) in [5.41, 5.74) is 1.83. The molecule has 26 heavy (non-hydrogen) atoms. The van der Waals surface area contributed by atoms with Gasteiger partial charge in [0.05, 0.1) is 18.8 Å². The zero-order valence-corrected chi connectivity index (χ0v) is 17.3. The lowest BCUT2D eigenvalue weighted by Crippen LogP contribution is -2.29. The smallest absolute Gasteiger partial charge is 0.177 e. The minimum atomic E-state index is -0.146. The maximum absolute atomic E-state index is 10.2. The second-order valence-electron chi connectivity index (χ2n) is 6.28. The lowest BCUT2D eigenvalue weighted by molar-refractivity contribution is 0.317. The summed E-state index contributed by atoms with van der Waals surface area (Å²) in [7, 11) is 1.52. The van der Waals surface area contributed by atoms with Gasteiger partial charge in [-0.3, -0.25) is 9.98 Å². The van der Waals surface area contributed by atoms with Crippen molar-refractivity contribution in [2.45, 2.75) is 24.3 Å². The molecule has 0 radical (unpaired) electrons. The maximum atomic E-state index is 10.2. The highest BCUT2D eigenvalue weighted by molar-refractivity contribution is 9.10. The van der Waals surface area contributed by atoms with E-state index >= 15 is 0 Å². The molecule has 1 aromatic heterocycles. The number of methoxy groups -OCH3 is 1. The molecule has 8 heteroatoms. The van der Waals surface area contributed by atoms with Gasteiger partial charge in [0.2, 0.25) is 0 Å². The standard InChI is InChI=1S/C18H17BrClN3O2S/c1-9-8-23-16(10-7-12(25-2)17(24)14(20)13(10)19)15(22-18(23)26-9)11-5-3-4-6-21-11/h3-7,9,15-16,24H,8H2,1-2H3. The first-order valence-electron chi connectivity index (χ1n) is 8.18. The number of aliphatic imine (C=N–C) groups is 1. The van der Waals surface area contributed by atoms with Crippen molar-refractivity contribution in [3.05, 3.63) is 51.2 Å². The van der Waals surface area contributed by atoms with Gasteiger partial charge in [-0.05, 0) is 39.7 Å². The van der Waals surface area contributed by atoms with Gasteiger partial charge in [-0.2, -0.15) is 0 Å². The van der Waals surface area contributed by atoms with E-state index in [0.717, 1.165) is 23.0 Å². The number of rotatable bonds is 3. The normalized spacial score (nSPS) is 24.5. The van der Waals surface area contributed by atoms with Crippen LogP contribution in [-0.4, -0.2) is 39.1 Å². The molecular weight excluding hydrogens is 438 g/mol. The molecule has 3 unspecified atom stereocenters. The molecule has 2 aromatic rings. The monoisotopic (exact) mass is 453 g/mol. The number of benzene rings is 1. The Morgan fingerprint density at radius 3 is 2.92 bits per heavy atom. The molecule has 5 nitrogen and oxygen atoms in total. The number of amidine groups is 1. The zero-order valence-electron chi connectivity index (χ0n) is 14.2. The second-order valence-corrected chi connectivity index (χ2v) is 8.86. The van der Waals surface area contributed by atoms with Crippen LogP contribution in [0.3, 0.4) is 0 Å². The summed E-state index contributed by atoms with van der Waals surface area (Å²) in [4.78, 5) is 11.8. The van der Waals surface area contributed by atoms with Crippen molar-refractivity contribution in [1.29, 1.82) is 0 Å². The van der Waals surface area contributed by atoms with E-state index in [1.807, 2.05) is 24.3 Å². The van der Waals surface area contributed by atoms with Crippen LogP contribution in [-0.2, 0) is 0 Å². The Labute approximate surface area is 169 Å². The highest BCUT2D eigenvalue weighted by Crippen LogP contribution is 2.52. The van der Waals surface area contributed by atoms with Gasteiger partial charge in [0, 0.05) is 22.5 Å². The average molecular weight is 455 g/mol. The molecule has 0 amide bonds. The highest BCUT2D eigenvalue weighted by atomic mass is 79.9. The van der Waals surface area contributed by atoms with Crippen molar-refractivity contribution in [3.8, 4) is 11.5 Å². The van der Waals surface area contributed by atoms with Gasteiger partial charge in [0.25, 0.3) is 0 Å². The number of pyridine rings is 1. The molecule has 136 valence electrons. The van der Waals surface area contributed by atoms with Crippen LogP contribution in [0.25, 0.3) is 0 Å². The van der Waals surface area contributed by atoms with Crippen LogP contribution in [0.4, 0.5) is 0 Å². The van der Waals surface area contributed by atoms with E-state index in [1.54, 1.807) is 18.0 Å². The van der Waals surface area contributed by atoms with E-state index in [0.29, 0.717) is 15.5 Å². The van der Waals surface area contributed by atoms with Gasteiger partial charge in [-0.1, -0.05) is 36.4 Å². The summed E-state index contributed by atoms with van der Waals surface area (Å²) in [6, 6.07) is 7.47. The number of fused-ring (bicyclic) bond motifs is 1. The molecule has 2 aliphatic heterocycles. The summed E-state index contributed by atoms with van der Waals surface area (Å²) in [5.74, 6) is 0.281. The first-order chi connectivity index (χ1) is 12.5.